The number of benzene rings is 3. The van der Waals surface area contributed by atoms with Crippen LogP contribution >= 0.6 is 0 Å². The van der Waals surface area contributed by atoms with Gasteiger partial charge in [-0.2, -0.15) is 0 Å². The molecule has 0 saturated carbocycles. The van der Waals surface area contributed by atoms with Gasteiger partial charge >= 0.3 is 5.97 Å². The summed E-state index contributed by atoms with van der Waals surface area (Å²) in [5.41, 5.74) is 1.42. The molecule has 0 aliphatic heterocycles. The molecule has 0 bridgehead atoms. The highest BCUT2D eigenvalue weighted by Gasteiger charge is 2.26. The Labute approximate surface area is 173 Å². The van der Waals surface area contributed by atoms with E-state index in [1.165, 1.54) is 0 Å². The highest BCUT2D eigenvalue weighted by atomic mass is 16.5. The molecule has 0 aliphatic rings. The van der Waals surface area contributed by atoms with Crippen LogP contribution in [0.1, 0.15) is 23.0 Å². The average Bonchev–Trinajstić information content (AvgIpc) is 3.17. The number of hydrogen-bond acceptors (Lipinski definition) is 5. The van der Waals surface area contributed by atoms with Gasteiger partial charge in [-0.05, 0) is 23.3 Å². The predicted molar refractivity (Wildman–Crippen MR) is 113 cm³/mol. The lowest BCUT2D eigenvalue weighted by Crippen LogP contribution is -2.26. The molecule has 0 aliphatic carbocycles. The van der Waals surface area contributed by atoms with Gasteiger partial charge in [0.05, 0.1) is 6.42 Å². The molecule has 1 heterocycles. The summed E-state index contributed by atoms with van der Waals surface area (Å²) < 4.78 is 10.6. The van der Waals surface area contributed by atoms with Crippen molar-refractivity contribution in [2.24, 2.45) is 0 Å². The monoisotopic (exact) mass is 400 g/mol. The molecular weight excluding hydrogens is 380 g/mol. The Balaban J connectivity index is 1.55. The van der Waals surface area contributed by atoms with E-state index in [0.29, 0.717) is 11.3 Å². The van der Waals surface area contributed by atoms with Crippen LogP contribution in [0, 0.1) is 6.92 Å². The number of hydrogen-bond donors (Lipinski definition) is 1. The van der Waals surface area contributed by atoms with Crippen LogP contribution in [0.3, 0.4) is 0 Å². The van der Waals surface area contributed by atoms with Gasteiger partial charge in [0.1, 0.15) is 5.76 Å². The average molecular weight is 400 g/mol. The van der Waals surface area contributed by atoms with E-state index in [-0.39, 0.29) is 12.2 Å². The van der Waals surface area contributed by atoms with Gasteiger partial charge < -0.3 is 14.6 Å². The molecule has 6 heteroatoms. The van der Waals surface area contributed by atoms with Crippen LogP contribution in [0.5, 0.6) is 0 Å². The molecule has 1 aromatic heterocycles. The number of nitrogens with one attached hydrogen (secondary N) is 1. The maximum absolute atomic E-state index is 12.9. The van der Waals surface area contributed by atoms with Gasteiger partial charge in [-0.25, -0.2) is 0 Å². The first kappa shape index (κ1) is 19.4. The first-order valence-electron chi connectivity index (χ1n) is 9.55. The Hall–Kier alpha value is -3.93. The van der Waals surface area contributed by atoms with Crippen molar-refractivity contribution in [1.29, 1.82) is 0 Å². The van der Waals surface area contributed by atoms with E-state index < -0.39 is 18.0 Å². The number of aryl methyl sites for hydroxylation is 1. The standard InChI is InChI=1S/C24H20N2O4/c1-16-14-21(26-30-16)25-24(28)23(18-9-3-2-4-10-18)29-22(27)15-19-12-7-11-17-8-5-6-13-20(17)19/h2-14,23H,15H2,1H3,(H,25,26,28)/t23-/m1/s1. The highest BCUT2D eigenvalue weighted by Crippen LogP contribution is 2.23. The van der Waals surface area contributed by atoms with Gasteiger partial charge in [-0.1, -0.05) is 78.0 Å². The van der Waals surface area contributed by atoms with Crippen molar-refractivity contribution >= 4 is 28.5 Å². The molecule has 0 spiro atoms. The zero-order chi connectivity index (χ0) is 20.9. The van der Waals surface area contributed by atoms with Crippen molar-refractivity contribution in [2.45, 2.75) is 19.4 Å². The predicted octanol–water partition coefficient (Wildman–Crippen LogP) is 4.60. The van der Waals surface area contributed by atoms with E-state index in [2.05, 4.69) is 10.5 Å². The summed E-state index contributed by atoms with van der Waals surface area (Å²) in [5.74, 6) is -0.162. The third-order valence-corrected chi connectivity index (χ3v) is 4.68. The van der Waals surface area contributed by atoms with Crippen LogP contribution < -0.4 is 5.32 Å². The molecule has 150 valence electrons. The van der Waals surface area contributed by atoms with Gasteiger partial charge in [0.2, 0.25) is 6.10 Å². The molecular formula is C24H20N2O4. The van der Waals surface area contributed by atoms with Crippen molar-refractivity contribution in [1.82, 2.24) is 5.16 Å². The van der Waals surface area contributed by atoms with Crippen LogP contribution in [0.25, 0.3) is 10.8 Å². The molecule has 0 saturated heterocycles. The molecule has 30 heavy (non-hydrogen) atoms. The lowest BCUT2D eigenvalue weighted by Gasteiger charge is -2.17. The molecule has 3 aromatic carbocycles. The number of carbonyl (C=O) groups excluding carboxylic acids is 2. The van der Waals surface area contributed by atoms with E-state index in [1.807, 2.05) is 48.5 Å². The number of rotatable bonds is 6. The van der Waals surface area contributed by atoms with Crippen molar-refractivity contribution in [3.63, 3.8) is 0 Å². The second-order valence-corrected chi connectivity index (χ2v) is 6.91. The van der Waals surface area contributed by atoms with Crippen molar-refractivity contribution in [3.05, 3.63) is 95.7 Å². The molecule has 1 N–H and O–H groups in total. The topological polar surface area (TPSA) is 81.4 Å². The Bertz CT molecular complexity index is 1180. The normalized spacial score (nSPS) is 11.8. The lowest BCUT2D eigenvalue weighted by molar-refractivity contribution is -0.154. The Morgan fingerprint density at radius 2 is 1.73 bits per heavy atom. The second-order valence-electron chi connectivity index (χ2n) is 6.91. The van der Waals surface area contributed by atoms with E-state index in [0.717, 1.165) is 16.3 Å². The maximum Gasteiger partial charge on any atom is 0.311 e. The van der Waals surface area contributed by atoms with Gasteiger partial charge in [0.15, 0.2) is 5.82 Å². The number of anilines is 1. The number of ether oxygens (including phenoxy) is 1. The van der Waals surface area contributed by atoms with Crippen LogP contribution in [-0.2, 0) is 20.7 Å². The van der Waals surface area contributed by atoms with Crippen LogP contribution in [0.15, 0.2) is 83.4 Å². The Morgan fingerprint density at radius 1 is 1.00 bits per heavy atom. The summed E-state index contributed by atoms with van der Waals surface area (Å²) in [4.78, 5) is 25.6. The number of esters is 1. The van der Waals surface area contributed by atoms with Crippen LogP contribution in [0.4, 0.5) is 5.82 Å². The first-order chi connectivity index (χ1) is 14.6. The molecule has 0 unspecified atom stereocenters. The minimum absolute atomic E-state index is 0.0566. The largest absolute Gasteiger partial charge is 0.447 e. The van der Waals surface area contributed by atoms with E-state index >= 15 is 0 Å². The van der Waals surface area contributed by atoms with Crippen LogP contribution in [-0.4, -0.2) is 17.0 Å². The second kappa shape index (κ2) is 8.61. The smallest absolute Gasteiger partial charge is 0.311 e. The number of amides is 1. The zero-order valence-electron chi connectivity index (χ0n) is 16.4. The molecule has 4 rings (SSSR count). The van der Waals surface area contributed by atoms with Gasteiger partial charge in [0, 0.05) is 11.6 Å². The summed E-state index contributed by atoms with van der Waals surface area (Å²) in [7, 11) is 0. The van der Waals surface area contributed by atoms with E-state index in [4.69, 9.17) is 9.26 Å². The van der Waals surface area contributed by atoms with Crippen molar-refractivity contribution < 1.29 is 18.8 Å². The first-order valence-corrected chi connectivity index (χ1v) is 9.55. The lowest BCUT2D eigenvalue weighted by atomic mass is 10.0. The fraction of sp³-hybridized carbons (Fsp3) is 0.125. The fourth-order valence-corrected chi connectivity index (χ4v) is 3.29. The maximum atomic E-state index is 12.9. The highest BCUT2D eigenvalue weighted by molar-refractivity contribution is 5.96. The molecule has 1 atom stereocenters. The zero-order valence-corrected chi connectivity index (χ0v) is 16.4. The third kappa shape index (κ3) is 4.38. The molecule has 0 radical (unpaired) electrons. The third-order valence-electron chi connectivity index (χ3n) is 4.68. The molecule has 4 aromatic rings. The van der Waals surface area contributed by atoms with Gasteiger partial charge in [0.25, 0.3) is 5.91 Å². The van der Waals surface area contributed by atoms with Crippen molar-refractivity contribution in [3.8, 4) is 0 Å². The van der Waals surface area contributed by atoms with Gasteiger partial charge in [-0.3, -0.25) is 9.59 Å². The summed E-state index contributed by atoms with van der Waals surface area (Å²) in [6.45, 7) is 1.72. The summed E-state index contributed by atoms with van der Waals surface area (Å²) >= 11 is 0. The fourth-order valence-electron chi connectivity index (χ4n) is 3.29. The van der Waals surface area contributed by atoms with Crippen LogP contribution in [0.2, 0.25) is 0 Å². The Morgan fingerprint density at radius 3 is 2.50 bits per heavy atom. The number of aromatic nitrogens is 1. The summed E-state index contributed by atoms with van der Waals surface area (Å²) in [6, 6.07) is 24.1. The SMILES string of the molecule is Cc1cc(NC(=O)[C@H](OC(=O)Cc2cccc3ccccc23)c2ccccc2)no1. The number of fused-ring (bicyclic) bond motifs is 1. The molecule has 0 fully saturated rings. The van der Waals surface area contributed by atoms with E-state index in [1.54, 1.807) is 37.3 Å². The van der Waals surface area contributed by atoms with Gasteiger partial charge in [-0.15, -0.1) is 0 Å². The van der Waals surface area contributed by atoms with E-state index in [9.17, 15) is 9.59 Å². The molecule has 1 amide bonds. The number of nitrogens with zero attached hydrogens (tertiary/aromatic N) is 1. The summed E-state index contributed by atoms with van der Waals surface area (Å²) in [5, 5.41) is 8.43. The minimum Gasteiger partial charge on any atom is -0.447 e. The molecule has 6 nitrogen and oxygen atoms in total. The van der Waals surface area contributed by atoms with Crippen molar-refractivity contribution in [2.75, 3.05) is 5.32 Å². The Kier molecular flexibility index (Phi) is 5.57. The minimum atomic E-state index is -1.11. The quantitative estimate of drug-likeness (QED) is 0.478. The number of carbonyl (C=O) groups is 2. The summed E-state index contributed by atoms with van der Waals surface area (Å²) in [6.07, 6.45) is -1.05.